The van der Waals surface area contributed by atoms with Crippen molar-refractivity contribution in [3.63, 3.8) is 0 Å². The molecule has 0 spiro atoms. The van der Waals surface area contributed by atoms with Crippen molar-refractivity contribution < 1.29 is 14.6 Å². The van der Waals surface area contributed by atoms with Crippen molar-refractivity contribution in [2.45, 2.75) is 19.6 Å². The Kier molecular flexibility index (Phi) is 4.48. The van der Waals surface area contributed by atoms with E-state index in [9.17, 15) is 5.11 Å². The lowest BCUT2D eigenvalue weighted by Crippen LogP contribution is -2.24. The fraction of sp³-hybridized carbons (Fsp3) is 0.278. The van der Waals surface area contributed by atoms with Crippen LogP contribution in [0.1, 0.15) is 5.82 Å². The summed E-state index contributed by atoms with van der Waals surface area (Å²) in [6, 6.07) is 15.2. The molecule has 3 aromatic rings. The van der Waals surface area contributed by atoms with Crippen molar-refractivity contribution in [3.8, 4) is 11.5 Å². The van der Waals surface area contributed by atoms with E-state index in [1.807, 2.05) is 60.0 Å². The number of imidazole rings is 1. The zero-order valence-corrected chi connectivity index (χ0v) is 13.3. The molecule has 120 valence electrons. The number of hydrogen-bond donors (Lipinski definition) is 1. The zero-order valence-electron chi connectivity index (χ0n) is 13.3. The molecule has 0 aliphatic carbocycles. The SMILES string of the molecule is COc1ccc(OCC(O)Cn2c(C)nc3ccccc32)cc1. The second-order valence-electron chi connectivity index (χ2n) is 5.40. The third-order valence-electron chi connectivity index (χ3n) is 3.74. The number of aliphatic hydroxyl groups excluding tert-OH is 1. The molecule has 1 N–H and O–H groups in total. The first-order valence-corrected chi connectivity index (χ1v) is 7.54. The van der Waals surface area contributed by atoms with Gasteiger partial charge in [-0.1, -0.05) is 12.1 Å². The molecule has 0 amide bonds. The quantitative estimate of drug-likeness (QED) is 0.760. The third-order valence-corrected chi connectivity index (χ3v) is 3.74. The van der Waals surface area contributed by atoms with Crippen molar-refractivity contribution in [1.29, 1.82) is 0 Å². The Morgan fingerprint density at radius 3 is 2.52 bits per heavy atom. The second kappa shape index (κ2) is 6.71. The van der Waals surface area contributed by atoms with Gasteiger partial charge in [-0.2, -0.15) is 0 Å². The molecule has 0 aliphatic heterocycles. The predicted molar refractivity (Wildman–Crippen MR) is 89.0 cm³/mol. The Bertz CT molecular complexity index is 781. The van der Waals surface area contributed by atoms with Crippen LogP contribution in [0.15, 0.2) is 48.5 Å². The van der Waals surface area contributed by atoms with E-state index >= 15 is 0 Å². The molecule has 0 saturated heterocycles. The van der Waals surface area contributed by atoms with Gasteiger partial charge in [-0.25, -0.2) is 4.98 Å². The Hall–Kier alpha value is -2.53. The van der Waals surface area contributed by atoms with Gasteiger partial charge in [-0.3, -0.25) is 0 Å². The average molecular weight is 312 g/mol. The van der Waals surface area contributed by atoms with E-state index in [4.69, 9.17) is 9.47 Å². The van der Waals surface area contributed by atoms with Gasteiger partial charge in [0.15, 0.2) is 0 Å². The lowest BCUT2D eigenvalue weighted by Gasteiger charge is -2.15. The zero-order chi connectivity index (χ0) is 16.2. The first-order valence-electron chi connectivity index (χ1n) is 7.54. The van der Waals surface area contributed by atoms with Crippen LogP contribution < -0.4 is 9.47 Å². The van der Waals surface area contributed by atoms with Gasteiger partial charge in [0, 0.05) is 0 Å². The van der Waals surface area contributed by atoms with Crippen LogP contribution in [0, 0.1) is 6.92 Å². The van der Waals surface area contributed by atoms with Gasteiger partial charge in [0.25, 0.3) is 0 Å². The van der Waals surface area contributed by atoms with E-state index in [-0.39, 0.29) is 6.61 Å². The summed E-state index contributed by atoms with van der Waals surface area (Å²) < 4.78 is 12.7. The molecule has 0 bridgehead atoms. The van der Waals surface area contributed by atoms with Crippen molar-refractivity contribution >= 4 is 11.0 Å². The fourth-order valence-electron chi connectivity index (χ4n) is 2.55. The average Bonchev–Trinajstić information content (AvgIpc) is 2.89. The van der Waals surface area contributed by atoms with Crippen LogP contribution in [0.4, 0.5) is 0 Å². The van der Waals surface area contributed by atoms with Gasteiger partial charge >= 0.3 is 0 Å². The number of methoxy groups -OCH3 is 1. The van der Waals surface area contributed by atoms with Crippen LogP contribution in [0.25, 0.3) is 11.0 Å². The van der Waals surface area contributed by atoms with Gasteiger partial charge in [-0.15, -0.1) is 0 Å². The number of nitrogens with zero attached hydrogens (tertiary/aromatic N) is 2. The molecular weight excluding hydrogens is 292 g/mol. The van der Waals surface area contributed by atoms with Gasteiger partial charge < -0.3 is 19.1 Å². The number of aromatic nitrogens is 2. The number of fused-ring (bicyclic) bond motifs is 1. The highest BCUT2D eigenvalue weighted by Gasteiger charge is 2.12. The second-order valence-corrected chi connectivity index (χ2v) is 5.40. The summed E-state index contributed by atoms with van der Waals surface area (Å²) in [5.41, 5.74) is 1.96. The number of aryl methyl sites for hydroxylation is 1. The van der Waals surface area contributed by atoms with Gasteiger partial charge in [0.2, 0.25) is 0 Å². The number of para-hydroxylation sites is 2. The highest BCUT2D eigenvalue weighted by Crippen LogP contribution is 2.18. The van der Waals surface area contributed by atoms with Crippen LogP contribution >= 0.6 is 0 Å². The molecule has 1 atom stereocenters. The van der Waals surface area contributed by atoms with Gasteiger partial charge in [0.05, 0.1) is 24.7 Å². The highest BCUT2D eigenvalue weighted by molar-refractivity contribution is 5.75. The third kappa shape index (κ3) is 3.46. The number of benzene rings is 2. The Morgan fingerprint density at radius 2 is 1.78 bits per heavy atom. The van der Waals surface area contributed by atoms with E-state index in [1.54, 1.807) is 7.11 Å². The van der Waals surface area contributed by atoms with E-state index in [1.165, 1.54) is 0 Å². The largest absolute Gasteiger partial charge is 0.497 e. The van der Waals surface area contributed by atoms with E-state index < -0.39 is 6.10 Å². The molecule has 0 aliphatic rings. The maximum Gasteiger partial charge on any atom is 0.119 e. The Labute approximate surface area is 135 Å². The van der Waals surface area contributed by atoms with Crippen LogP contribution in [-0.2, 0) is 6.54 Å². The minimum atomic E-state index is -0.617. The molecule has 1 aromatic heterocycles. The van der Waals surface area contributed by atoms with Crippen LogP contribution in [-0.4, -0.2) is 34.5 Å². The molecule has 1 unspecified atom stereocenters. The molecule has 5 heteroatoms. The predicted octanol–water partition coefficient (Wildman–Crippen LogP) is 2.79. The van der Waals surface area contributed by atoms with Crippen molar-refractivity contribution in [1.82, 2.24) is 9.55 Å². The first kappa shape index (κ1) is 15.4. The molecule has 1 heterocycles. The first-order chi connectivity index (χ1) is 11.2. The summed E-state index contributed by atoms with van der Waals surface area (Å²) in [7, 11) is 1.62. The molecule has 0 fully saturated rings. The molecule has 3 rings (SSSR count). The molecule has 0 saturated carbocycles. The summed E-state index contributed by atoms with van der Waals surface area (Å²) in [5.74, 6) is 2.37. The normalized spacial score (nSPS) is 12.3. The van der Waals surface area contributed by atoms with Gasteiger partial charge in [-0.05, 0) is 43.3 Å². The van der Waals surface area contributed by atoms with E-state index in [2.05, 4.69) is 4.98 Å². The smallest absolute Gasteiger partial charge is 0.119 e. The Balaban J connectivity index is 1.64. The lowest BCUT2D eigenvalue weighted by atomic mass is 10.3. The number of hydrogen-bond acceptors (Lipinski definition) is 4. The summed E-state index contributed by atoms with van der Waals surface area (Å²) in [6.45, 7) is 2.61. The van der Waals surface area contributed by atoms with Crippen LogP contribution in [0.2, 0.25) is 0 Å². The lowest BCUT2D eigenvalue weighted by molar-refractivity contribution is 0.0929. The number of ether oxygens (including phenoxy) is 2. The van der Waals surface area contributed by atoms with Gasteiger partial charge in [0.1, 0.15) is 30.0 Å². The highest BCUT2D eigenvalue weighted by atomic mass is 16.5. The van der Waals surface area contributed by atoms with Crippen molar-refractivity contribution in [3.05, 3.63) is 54.4 Å². The molecular formula is C18H20N2O3. The van der Waals surface area contributed by atoms with Crippen molar-refractivity contribution in [2.24, 2.45) is 0 Å². The van der Waals surface area contributed by atoms with Crippen molar-refractivity contribution in [2.75, 3.05) is 13.7 Å². The van der Waals surface area contributed by atoms with Crippen LogP contribution in [0.5, 0.6) is 11.5 Å². The number of aliphatic hydroxyl groups is 1. The fourth-order valence-corrected chi connectivity index (χ4v) is 2.55. The van der Waals surface area contributed by atoms with E-state index in [0.717, 1.165) is 22.6 Å². The summed E-state index contributed by atoms with van der Waals surface area (Å²) in [5, 5.41) is 10.3. The standard InChI is InChI=1S/C18H20N2O3/c1-13-19-17-5-3-4-6-18(17)20(13)11-14(21)12-23-16-9-7-15(22-2)8-10-16/h3-10,14,21H,11-12H2,1-2H3. The molecule has 23 heavy (non-hydrogen) atoms. The van der Waals surface area contributed by atoms with E-state index in [0.29, 0.717) is 12.3 Å². The number of rotatable bonds is 6. The monoisotopic (exact) mass is 312 g/mol. The minimum absolute atomic E-state index is 0.221. The maximum atomic E-state index is 10.3. The molecule has 5 nitrogen and oxygen atoms in total. The summed E-state index contributed by atoms with van der Waals surface area (Å²) in [4.78, 5) is 4.50. The summed E-state index contributed by atoms with van der Waals surface area (Å²) >= 11 is 0. The Morgan fingerprint density at radius 1 is 1.09 bits per heavy atom. The molecule has 2 aromatic carbocycles. The maximum absolute atomic E-state index is 10.3. The topological polar surface area (TPSA) is 56.5 Å². The summed E-state index contributed by atoms with van der Waals surface area (Å²) in [6.07, 6.45) is -0.617. The molecule has 0 radical (unpaired) electrons. The minimum Gasteiger partial charge on any atom is -0.497 e. The van der Waals surface area contributed by atoms with Crippen LogP contribution in [0.3, 0.4) is 0 Å².